The van der Waals surface area contributed by atoms with E-state index >= 15 is 0 Å². The van der Waals surface area contributed by atoms with Crippen LogP contribution in [0.5, 0.6) is 0 Å². The van der Waals surface area contributed by atoms with Crippen LogP contribution in [0, 0.1) is 30.0 Å². The highest BCUT2D eigenvalue weighted by molar-refractivity contribution is 6.32. The highest BCUT2D eigenvalue weighted by Crippen LogP contribution is 2.41. The fourth-order valence-corrected chi connectivity index (χ4v) is 4.74. The lowest BCUT2D eigenvalue weighted by atomic mass is 9.86. The van der Waals surface area contributed by atoms with Gasteiger partial charge in [0, 0.05) is 30.4 Å². The van der Waals surface area contributed by atoms with E-state index in [4.69, 9.17) is 11.6 Å². The average molecular weight is 483 g/mol. The zero-order valence-electron chi connectivity index (χ0n) is 17.5. The van der Waals surface area contributed by atoms with Gasteiger partial charge in [-0.1, -0.05) is 11.6 Å². The topological polar surface area (TPSA) is 80.5 Å². The summed E-state index contributed by atoms with van der Waals surface area (Å²) in [6.45, 7) is 1.35. The molecule has 2 atom stereocenters. The van der Waals surface area contributed by atoms with Crippen LogP contribution in [-0.2, 0) is 17.4 Å². The lowest BCUT2D eigenvalue weighted by Crippen LogP contribution is -2.65. The maximum atomic E-state index is 13.9. The van der Waals surface area contributed by atoms with Gasteiger partial charge in [-0.15, -0.1) is 0 Å². The Labute approximate surface area is 192 Å². The number of benzene rings is 1. The van der Waals surface area contributed by atoms with Crippen molar-refractivity contribution in [2.24, 2.45) is 5.92 Å². The van der Waals surface area contributed by atoms with Gasteiger partial charge >= 0.3 is 6.18 Å². The molecular weight excluding hydrogens is 464 g/mol. The summed E-state index contributed by atoms with van der Waals surface area (Å²) >= 11 is 6.09. The molecule has 0 unspecified atom stereocenters. The molecule has 0 spiro atoms. The Balaban J connectivity index is 1.76. The van der Waals surface area contributed by atoms with Gasteiger partial charge in [0.05, 0.1) is 17.2 Å². The van der Waals surface area contributed by atoms with Crippen molar-refractivity contribution in [2.75, 3.05) is 29.5 Å². The summed E-state index contributed by atoms with van der Waals surface area (Å²) in [7, 11) is 0. The summed E-state index contributed by atoms with van der Waals surface area (Å²) in [6, 6.07) is 3.93. The van der Waals surface area contributed by atoms with Crippen molar-refractivity contribution < 1.29 is 27.5 Å². The number of anilines is 2. The number of aromatic nitrogens is 1. The van der Waals surface area contributed by atoms with Crippen LogP contribution in [-0.4, -0.2) is 41.7 Å². The zero-order chi connectivity index (χ0) is 24.1. The molecule has 2 aliphatic rings. The number of carbonyl (C=O) groups is 1. The van der Waals surface area contributed by atoms with Gasteiger partial charge in [-0.25, -0.2) is 9.37 Å². The number of fused-ring (bicyclic) bond motifs is 1. The molecule has 11 heteroatoms. The van der Waals surface area contributed by atoms with Crippen LogP contribution >= 0.6 is 11.6 Å². The maximum Gasteiger partial charge on any atom is 0.417 e. The molecule has 6 nitrogen and oxygen atoms in total. The van der Waals surface area contributed by atoms with Crippen LogP contribution in [0.2, 0.25) is 5.02 Å². The summed E-state index contributed by atoms with van der Waals surface area (Å²) < 4.78 is 54.6. The molecule has 1 amide bonds. The van der Waals surface area contributed by atoms with E-state index in [0.29, 0.717) is 30.6 Å². The van der Waals surface area contributed by atoms with E-state index in [9.17, 15) is 32.7 Å². The largest absolute Gasteiger partial charge is 0.417 e. The van der Waals surface area contributed by atoms with Crippen LogP contribution in [0.15, 0.2) is 18.2 Å². The van der Waals surface area contributed by atoms with Gasteiger partial charge in [0.1, 0.15) is 29.3 Å². The van der Waals surface area contributed by atoms with E-state index in [2.05, 4.69) is 4.98 Å². The third kappa shape index (κ3) is 3.89. The quantitative estimate of drug-likeness (QED) is 0.672. The second-order valence-corrected chi connectivity index (χ2v) is 8.49. The van der Waals surface area contributed by atoms with E-state index in [-0.39, 0.29) is 29.7 Å². The summed E-state index contributed by atoms with van der Waals surface area (Å²) in [5.74, 6) is -1.90. The Hall–Kier alpha value is -2.90. The van der Waals surface area contributed by atoms with Crippen LogP contribution < -0.4 is 9.80 Å². The molecule has 1 fully saturated rings. The van der Waals surface area contributed by atoms with Gasteiger partial charge in [-0.05, 0) is 43.5 Å². The fourth-order valence-electron chi connectivity index (χ4n) is 4.49. The van der Waals surface area contributed by atoms with Crippen molar-refractivity contribution in [3.63, 3.8) is 0 Å². The van der Waals surface area contributed by atoms with Gasteiger partial charge in [0.25, 0.3) is 0 Å². The number of alkyl halides is 3. The molecule has 3 heterocycles. The number of aliphatic hydroxyl groups excluding tert-OH is 1. The first-order valence-corrected chi connectivity index (χ1v) is 10.6. The average Bonchev–Trinajstić information content (AvgIpc) is 2.74. The number of nitrogens with zero attached hydrogens (tertiary/aromatic N) is 4. The van der Waals surface area contributed by atoms with Crippen molar-refractivity contribution in [3.8, 4) is 6.07 Å². The molecule has 1 aromatic carbocycles. The summed E-state index contributed by atoms with van der Waals surface area (Å²) in [4.78, 5) is 20.4. The SMILES string of the molecule is Cc1cc(C(F)(F)F)c(C#N)c(N2C[C@@H](CO)[C@H]2C(=O)N2CCCc3c2ccc(F)c3Cl)n1. The predicted molar refractivity (Wildman–Crippen MR) is 112 cm³/mol. The number of nitriles is 1. The van der Waals surface area contributed by atoms with Crippen LogP contribution in [0.3, 0.4) is 0 Å². The van der Waals surface area contributed by atoms with Crippen molar-refractivity contribution >= 4 is 29.0 Å². The number of amides is 1. The Morgan fingerprint density at radius 1 is 1.39 bits per heavy atom. The number of aliphatic hydroxyl groups is 1. The van der Waals surface area contributed by atoms with E-state index in [1.807, 2.05) is 0 Å². The molecule has 2 aromatic rings. The molecule has 1 saturated heterocycles. The molecule has 1 aromatic heterocycles. The Morgan fingerprint density at radius 3 is 2.76 bits per heavy atom. The van der Waals surface area contributed by atoms with Crippen molar-refractivity contribution in [2.45, 2.75) is 32.0 Å². The molecule has 0 aliphatic carbocycles. The lowest BCUT2D eigenvalue weighted by Gasteiger charge is -2.49. The van der Waals surface area contributed by atoms with Gasteiger partial charge in [0.2, 0.25) is 5.91 Å². The van der Waals surface area contributed by atoms with Gasteiger partial charge in [-0.3, -0.25) is 4.79 Å². The predicted octanol–water partition coefficient (Wildman–Crippen LogP) is 3.85. The van der Waals surface area contributed by atoms with Crippen molar-refractivity contribution in [1.29, 1.82) is 5.26 Å². The summed E-state index contributed by atoms with van der Waals surface area (Å²) in [5, 5.41) is 19.2. The Morgan fingerprint density at radius 2 is 2.12 bits per heavy atom. The third-order valence-corrected chi connectivity index (χ3v) is 6.46. The fraction of sp³-hybridized carbons (Fsp3) is 0.409. The molecule has 0 saturated carbocycles. The van der Waals surface area contributed by atoms with E-state index < -0.39 is 41.0 Å². The molecule has 2 aliphatic heterocycles. The van der Waals surface area contributed by atoms with Crippen LogP contribution in [0.4, 0.5) is 29.1 Å². The molecule has 4 rings (SSSR count). The minimum Gasteiger partial charge on any atom is -0.396 e. The number of hydrogen-bond donors (Lipinski definition) is 1. The zero-order valence-corrected chi connectivity index (χ0v) is 18.2. The first-order valence-electron chi connectivity index (χ1n) is 10.2. The van der Waals surface area contributed by atoms with Gasteiger partial charge in [0.15, 0.2) is 0 Å². The molecule has 0 radical (unpaired) electrons. The van der Waals surface area contributed by atoms with Crippen LogP contribution in [0.1, 0.15) is 28.8 Å². The molecule has 1 N–H and O–H groups in total. The van der Waals surface area contributed by atoms with Crippen LogP contribution in [0.25, 0.3) is 0 Å². The monoisotopic (exact) mass is 482 g/mol. The standard InChI is InChI=1S/C22H19ClF4N4O2/c1-11-7-15(22(25,26)27)14(8-28)20(29-11)31-9-12(10-32)19(31)21(33)30-6-2-3-13-17(30)5-4-16(24)18(13)23/h4-5,7,12,19,32H,2-3,6,9-10H2,1H3/t12-,19-/m0/s1. The summed E-state index contributed by atoms with van der Waals surface area (Å²) in [6.07, 6.45) is -3.79. The molecule has 0 bridgehead atoms. The van der Waals surface area contributed by atoms with Gasteiger partial charge < -0.3 is 14.9 Å². The number of carbonyl (C=O) groups excluding carboxylic acids is 1. The Kier molecular flexibility index (Phi) is 5.97. The minimum absolute atomic E-state index is 0.0422. The summed E-state index contributed by atoms with van der Waals surface area (Å²) in [5.41, 5.74) is -0.855. The molecule has 174 valence electrons. The highest BCUT2D eigenvalue weighted by Gasteiger charge is 2.48. The van der Waals surface area contributed by atoms with Crippen molar-refractivity contribution in [1.82, 2.24) is 4.98 Å². The Bertz CT molecular complexity index is 1160. The first-order chi connectivity index (χ1) is 15.6. The lowest BCUT2D eigenvalue weighted by molar-refractivity contribution is -0.137. The number of pyridine rings is 1. The number of aryl methyl sites for hydroxylation is 1. The van der Waals surface area contributed by atoms with E-state index in [1.165, 1.54) is 22.8 Å². The number of hydrogen-bond acceptors (Lipinski definition) is 5. The van der Waals surface area contributed by atoms with E-state index in [1.54, 1.807) is 6.07 Å². The second-order valence-electron chi connectivity index (χ2n) is 8.11. The number of halogens is 5. The smallest absolute Gasteiger partial charge is 0.396 e. The maximum absolute atomic E-state index is 13.9. The minimum atomic E-state index is -4.78. The second kappa shape index (κ2) is 8.47. The molecule has 33 heavy (non-hydrogen) atoms. The normalized spacial score (nSPS) is 20.2. The van der Waals surface area contributed by atoms with Gasteiger partial charge in [-0.2, -0.15) is 18.4 Å². The first kappa shape index (κ1) is 23.3. The molecular formula is C22H19ClF4N4O2. The van der Waals surface area contributed by atoms with Crippen molar-refractivity contribution in [3.05, 3.63) is 51.4 Å². The highest BCUT2D eigenvalue weighted by atomic mass is 35.5. The number of rotatable bonds is 3. The third-order valence-electron chi connectivity index (χ3n) is 6.06. The van der Waals surface area contributed by atoms with E-state index in [0.717, 1.165) is 12.1 Å².